The summed E-state index contributed by atoms with van der Waals surface area (Å²) < 4.78 is 15.6. The molecule has 2 aliphatic carbocycles. The van der Waals surface area contributed by atoms with Gasteiger partial charge in [-0.15, -0.1) is 10.2 Å². The van der Waals surface area contributed by atoms with E-state index in [1.54, 1.807) is 18.0 Å². The highest BCUT2D eigenvalue weighted by Crippen LogP contribution is 2.46. The maximum atomic E-state index is 13.3. The predicted molar refractivity (Wildman–Crippen MR) is 98.5 cm³/mol. The van der Waals surface area contributed by atoms with Crippen molar-refractivity contribution in [3.8, 4) is 0 Å². The highest BCUT2D eigenvalue weighted by molar-refractivity contribution is 8.00. The van der Waals surface area contributed by atoms with E-state index in [4.69, 9.17) is 0 Å². The van der Waals surface area contributed by atoms with Crippen molar-refractivity contribution in [3.05, 3.63) is 41.5 Å². The molecule has 0 radical (unpaired) electrons. The molecule has 1 heterocycles. The SMILES string of the molecule is C[C@@H](Sc1nnc(C2CC2)n1C1CC1)C(=O)N(C)Cc1cccc(F)c1. The zero-order chi connectivity index (χ0) is 18.3. The van der Waals surface area contributed by atoms with Crippen molar-refractivity contribution >= 4 is 17.7 Å². The van der Waals surface area contributed by atoms with Gasteiger partial charge in [0.25, 0.3) is 0 Å². The molecule has 0 bridgehead atoms. The van der Waals surface area contributed by atoms with E-state index in [1.165, 1.54) is 49.6 Å². The molecule has 2 aromatic rings. The van der Waals surface area contributed by atoms with Crippen LogP contribution in [0, 0.1) is 5.82 Å². The summed E-state index contributed by atoms with van der Waals surface area (Å²) in [4.78, 5) is 14.4. The van der Waals surface area contributed by atoms with Gasteiger partial charge in [0.15, 0.2) is 5.16 Å². The Morgan fingerprint density at radius 2 is 2.12 bits per heavy atom. The molecule has 138 valence electrons. The fraction of sp³-hybridized carbons (Fsp3) is 0.526. The molecule has 4 rings (SSSR count). The first-order valence-electron chi connectivity index (χ1n) is 9.14. The Bertz CT molecular complexity index is 816. The highest BCUT2D eigenvalue weighted by Gasteiger charge is 2.37. The number of aromatic nitrogens is 3. The molecule has 0 unspecified atom stereocenters. The molecule has 0 spiro atoms. The number of hydrogen-bond acceptors (Lipinski definition) is 4. The summed E-state index contributed by atoms with van der Waals surface area (Å²) in [5.74, 6) is 1.38. The predicted octanol–water partition coefficient (Wildman–Crippen LogP) is 3.77. The van der Waals surface area contributed by atoms with Crippen LogP contribution in [-0.4, -0.2) is 37.9 Å². The quantitative estimate of drug-likeness (QED) is 0.692. The van der Waals surface area contributed by atoms with Crippen LogP contribution in [0.2, 0.25) is 0 Å². The number of thioether (sulfide) groups is 1. The smallest absolute Gasteiger partial charge is 0.235 e. The number of benzene rings is 1. The lowest BCUT2D eigenvalue weighted by Gasteiger charge is -2.21. The standard InChI is InChI=1S/C19H23FN4OS/c1-12(18(25)23(2)11-13-4-3-5-15(20)10-13)26-19-22-21-17(14-6-7-14)24(19)16-8-9-16/h3-5,10,12,14,16H,6-9,11H2,1-2H3/t12-/m1/s1. The molecular formula is C19H23FN4OS. The van der Waals surface area contributed by atoms with E-state index in [-0.39, 0.29) is 17.0 Å². The Morgan fingerprint density at radius 1 is 1.35 bits per heavy atom. The minimum Gasteiger partial charge on any atom is -0.340 e. The first-order valence-corrected chi connectivity index (χ1v) is 10.0. The number of rotatable bonds is 7. The molecule has 0 saturated heterocycles. The lowest BCUT2D eigenvalue weighted by atomic mass is 10.2. The molecule has 0 N–H and O–H groups in total. The molecule has 5 nitrogen and oxygen atoms in total. The minimum atomic E-state index is -0.282. The summed E-state index contributed by atoms with van der Waals surface area (Å²) in [7, 11) is 1.76. The van der Waals surface area contributed by atoms with Gasteiger partial charge in [0, 0.05) is 25.6 Å². The summed E-state index contributed by atoms with van der Waals surface area (Å²) in [5, 5.41) is 9.37. The van der Waals surface area contributed by atoms with E-state index in [2.05, 4.69) is 14.8 Å². The Balaban J connectivity index is 1.42. The van der Waals surface area contributed by atoms with Crippen LogP contribution in [0.4, 0.5) is 4.39 Å². The van der Waals surface area contributed by atoms with Crippen molar-refractivity contribution in [3.63, 3.8) is 0 Å². The number of amides is 1. The number of carbonyl (C=O) groups is 1. The van der Waals surface area contributed by atoms with Gasteiger partial charge in [-0.25, -0.2) is 4.39 Å². The van der Waals surface area contributed by atoms with Gasteiger partial charge in [-0.3, -0.25) is 4.79 Å². The molecule has 1 atom stereocenters. The Morgan fingerprint density at radius 3 is 2.77 bits per heavy atom. The normalized spacial score (nSPS) is 18.0. The molecular weight excluding hydrogens is 351 g/mol. The van der Waals surface area contributed by atoms with Gasteiger partial charge in [-0.05, 0) is 50.3 Å². The highest BCUT2D eigenvalue weighted by atomic mass is 32.2. The summed E-state index contributed by atoms with van der Waals surface area (Å²) >= 11 is 1.48. The largest absolute Gasteiger partial charge is 0.340 e. The molecule has 0 aliphatic heterocycles. The molecule has 1 aromatic carbocycles. The number of carbonyl (C=O) groups excluding carboxylic acids is 1. The van der Waals surface area contributed by atoms with Gasteiger partial charge in [-0.1, -0.05) is 23.9 Å². The fourth-order valence-corrected chi connectivity index (χ4v) is 4.21. The first-order chi connectivity index (χ1) is 12.5. The Labute approximate surface area is 157 Å². The van der Waals surface area contributed by atoms with E-state index in [1.807, 2.05) is 13.0 Å². The van der Waals surface area contributed by atoms with Gasteiger partial charge < -0.3 is 9.47 Å². The van der Waals surface area contributed by atoms with Gasteiger partial charge in [-0.2, -0.15) is 0 Å². The van der Waals surface area contributed by atoms with Crippen LogP contribution < -0.4 is 0 Å². The van der Waals surface area contributed by atoms with Crippen LogP contribution in [-0.2, 0) is 11.3 Å². The van der Waals surface area contributed by atoms with Gasteiger partial charge in [0.05, 0.1) is 5.25 Å². The van der Waals surface area contributed by atoms with E-state index < -0.39 is 0 Å². The van der Waals surface area contributed by atoms with Gasteiger partial charge in [0.2, 0.25) is 5.91 Å². The van der Waals surface area contributed by atoms with E-state index in [0.29, 0.717) is 18.5 Å². The molecule has 1 amide bonds. The average molecular weight is 374 g/mol. The van der Waals surface area contributed by atoms with Gasteiger partial charge in [0.1, 0.15) is 11.6 Å². The third-order valence-corrected chi connectivity index (χ3v) is 5.90. The third kappa shape index (κ3) is 3.77. The van der Waals surface area contributed by atoms with Crippen LogP contribution in [0.25, 0.3) is 0 Å². The first kappa shape index (κ1) is 17.5. The number of hydrogen-bond donors (Lipinski definition) is 0. The lowest BCUT2D eigenvalue weighted by Crippen LogP contribution is -2.33. The van der Waals surface area contributed by atoms with Crippen molar-refractivity contribution in [2.45, 2.75) is 61.5 Å². The zero-order valence-corrected chi connectivity index (χ0v) is 15.9. The maximum Gasteiger partial charge on any atom is 0.235 e. The van der Waals surface area contributed by atoms with Crippen molar-refractivity contribution in [1.82, 2.24) is 19.7 Å². The minimum absolute atomic E-state index is 0.0116. The van der Waals surface area contributed by atoms with Crippen molar-refractivity contribution < 1.29 is 9.18 Å². The molecule has 26 heavy (non-hydrogen) atoms. The summed E-state index contributed by atoms with van der Waals surface area (Å²) in [6.07, 6.45) is 4.74. The van der Waals surface area contributed by atoms with Crippen molar-refractivity contribution in [1.29, 1.82) is 0 Å². The van der Waals surface area contributed by atoms with Crippen LogP contribution >= 0.6 is 11.8 Å². The van der Waals surface area contributed by atoms with E-state index in [9.17, 15) is 9.18 Å². The molecule has 1 aromatic heterocycles. The van der Waals surface area contributed by atoms with Crippen LogP contribution in [0.15, 0.2) is 29.4 Å². The van der Waals surface area contributed by atoms with Crippen LogP contribution in [0.5, 0.6) is 0 Å². The molecule has 2 aliphatic rings. The topological polar surface area (TPSA) is 51.0 Å². The fourth-order valence-electron chi connectivity index (χ4n) is 3.17. The van der Waals surface area contributed by atoms with Crippen molar-refractivity contribution in [2.75, 3.05) is 7.05 Å². The molecule has 7 heteroatoms. The van der Waals surface area contributed by atoms with E-state index >= 15 is 0 Å². The van der Waals surface area contributed by atoms with E-state index in [0.717, 1.165) is 16.5 Å². The Kier molecular flexibility index (Phi) is 4.73. The monoisotopic (exact) mass is 374 g/mol. The van der Waals surface area contributed by atoms with Crippen LogP contribution in [0.1, 0.15) is 56.0 Å². The molecule has 2 saturated carbocycles. The van der Waals surface area contributed by atoms with Crippen molar-refractivity contribution in [2.24, 2.45) is 0 Å². The lowest BCUT2D eigenvalue weighted by molar-refractivity contribution is -0.129. The zero-order valence-electron chi connectivity index (χ0n) is 15.1. The second-order valence-corrected chi connectivity index (χ2v) is 8.61. The summed E-state index contributed by atoms with van der Waals surface area (Å²) in [6, 6.07) is 6.88. The maximum absolute atomic E-state index is 13.3. The summed E-state index contributed by atoms with van der Waals surface area (Å²) in [6.45, 7) is 2.29. The Hall–Kier alpha value is -1.89. The number of halogens is 1. The van der Waals surface area contributed by atoms with Gasteiger partial charge >= 0.3 is 0 Å². The van der Waals surface area contributed by atoms with Crippen LogP contribution in [0.3, 0.4) is 0 Å². The third-order valence-electron chi connectivity index (χ3n) is 4.86. The molecule has 2 fully saturated rings. The summed E-state index contributed by atoms with van der Waals surface area (Å²) in [5.41, 5.74) is 0.787. The average Bonchev–Trinajstić information content (AvgIpc) is 3.53. The number of nitrogens with zero attached hydrogens (tertiary/aromatic N) is 4. The second-order valence-electron chi connectivity index (χ2n) is 7.30. The second kappa shape index (κ2) is 7.02.